The Bertz CT molecular complexity index is 675. The Kier molecular flexibility index (Phi) is 3.00. The highest BCUT2D eigenvalue weighted by Crippen LogP contribution is 2.39. The molecule has 1 aliphatic rings. The second kappa shape index (κ2) is 4.55. The number of carbonyl (C=O) groups excluding carboxylic acids is 1. The summed E-state index contributed by atoms with van der Waals surface area (Å²) in [6.07, 6.45) is 0.367. The minimum absolute atomic E-state index is 0.0232. The van der Waals surface area contributed by atoms with Crippen molar-refractivity contribution in [2.24, 2.45) is 0 Å². The van der Waals surface area contributed by atoms with E-state index in [9.17, 15) is 4.79 Å². The molecule has 4 heteroatoms. The molecular weight excluding hydrogens is 281 g/mol. The van der Waals surface area contributed by atoms with Crippen molar-refractivity contribution in [1.82, 2.24) is 0 Å². The zero-order valence-electron chi connectivity index (χ0n) is 10.3. The van der Waals surface area contributed by atoms with Gasteiger partial charge in [0.1, 0.15) is 0 Å². The molecule has 1 heterocycles. The van der Waals surface area contributed by atoms with Crippen LogP contribution in [-0.4, -0.2) is 5.91 Å². The van der Waals surface area contributed by atoms with E-state index in [1.165, 1.54) is 0 Å². The van der Waals surface area contributed by atoms with Gasteiger partial charge in [-0.15, -0.1) is 0 Å². The molecule has 0 fully saturated rings. The Labute approximate surface area is 121 Å². The van der Waals surface area contributed by atoms with E-state index in [1.54, 1.807) is 0 Å². The molecule has 2 aromatic rings. The van der Waals surface area contributed by atoms with E-state index in [4.69, 9.17) is 23.2 Å². The third-order valence-electron chi connectivity index (χ3n) is 3.30. The van der Waals surface area contributed by atoms with Gasteiger partial charge in [0.05, 0.1) is 17.1 Å². The lowest BCUT2D eigenvalue weighted by Crippen LogP contribution is -2.03. The first-order chi connectivity index (χ1) is 9.06. The second-order valence-corrected chi connectivity index (χ2v) is 5.46. The Morgan fingerprint density at radius 2 is 1.95 bits per heavy atom. The number of rotatable bonds is 1. The van der Waals surface area contributed by atoms with Crippen molar-refractivity contribution < 1.29 is 4.79 Å². The van der Waals surface area contributed by atoms with Crippen molar-refractivity contribution in [3.8, 4) is 11.1 Å². The van der Waals surface area contributed by atoms with Gasteiger partial charge in [-0.25, -0.2) is 0 Å². The summed E-state index contributed by atoms with van der Waals surface area (Å²) in [7, 11) is 0. The van der Waals surface area contributed by atoms with Gasteiger partial charge < -0.3 is 5.32 Å². The van der Waals surface area contributed by atoms with Gasteiger partial charge in [-0.2, -0.15) is 0 Å². The van der Waals surface area contributed by atoms with E-state index in [2.05, 4.69) is 5.32 Å². The monoisotopic (exact) mass is 291 g/mol. The third-order valence-corrected chi connectivity index (χ3v) is 3.91. The lowest BCUT2D eigenvalue weighted by molar-refractivity contribution is -0.115. The van der Waals surface area contributed by atoms with E-state index in [1.807, 2.05) is 37.3 Å². The largest absolute Gasteiger partial charge is 0.324 e. The second-order valence-electron chi connectivity index (χ2n) is 4.65. The average molecular weight is 292 g/mol. The molecule has 0 bridgehead atoms. The molecule has 0 spiro atoms. The van der Waals surface area contributed by atoms with Crippen LogP contribution in [0.2, 0.25) is 10.0 Å². The quantitative estimate of drug-likeness (QED) is 0.825. The van der Waals surface area contributed by atoms with Gasteiger partial charge in [0.25, 0.3) is 0 Å². The number of aryl methyl sites for hydroxylation is 1. The van der Waals surface area contributed by atoms with Crippen LogP contribution in [0, 0.1) is 6.92 Å². The lowest BCUT2D eigenvalue weighted by atomic mass is 9.98. The Morgan fingerprint density at radius 1 is 1.16 bits per heavy atom. The molecule has 1 aliphatic heterocycles. The van der Waals surface area contributed by atoms with Crippen molar-refractivity contribution in [1.29, 1.82) is 0 Å². The fourth-order valence-corrected chi connectivity index (χ4v) is 3.06. The van der Waals surface area contributed by atoms with Crippen LogP contribution in [-0.2, 0) is 11.2 Å². The Hall–Kier alpha value is -1.51. The first kappa shape index (κ1) is 12.5. The third kappa shape index (κ3) is 2.11. The van der Waals surface area contributed by atoms with Gasteiger partial charge in [0.2, 0.25) is 5.91 Å². The highest BCUT2D eigenvalue weighted by atomic mass is 35.5. The maximum Gasteiger partial charge on any atom is 0.228 e. The van der Waals surface area contributed by atoms with Gasteiger partial charge in [-0.05, 0) is 41.8 Å². The topological polar surface area (TPSA) is 29.1 Å². The number of nitrogens with one attached hydrogen (secondary N) is 1. The van der Waals surface area contributed by atoms with E-state index < -0.39 is 0 Å². The van der Waals surface area contributed by atoms with Crippen LogP contribution in [0.5, 0.6) is 0 Å². The maximum atomic E-state index is 11.4. The Morgan fingerprint density at radius 3 is 2.68 bits per heavy atom. The molecule has 2 nitrogen and oxygen atoms in total. The zero-order chi connectivity index (χ0) is 13.6. The summed E-state index contributed by atoms with van der Waals surface area (Å²) >= 11 is 12.5. The molecular formula is C15H11Cl2NO. The molecule has 0 aromatic heterocycles. The summed E-state index contributed by atoms with van der Waals surface area (Å²) in [5, 5.41) is 4.01. The summed E-state index contributed by atoms with van der Waals surface area (Å²) in [6, 6.07) is 9.61. The number of fused-ring (bicyclic) bond motifs is 1. The van der Waals surface area contributed by atoms with Crippen LogP contribution >= 0.6 is 23.2 Å². The number of amides is 1. The summed E-state index contributed by atoms with van der Waals surface area (Å²) in [5.74, 6) is -0.0232. The van der Waals surface area contributed by atoms with Gasteiger partial charge in [-0.3, -0.25) is 4.79 Å². The molecule has 0 radical (unpaired) electrons. The van der Waals surface area contributed by atoms with E-state index in [0.717, 1.165) is 27.9 Å². The molecule has 1 amide bonds. The number of hydrogen-bond donors (Lipinski definition) is 1. The highest BCUT2D eigenvalue weighted by molar-refractivity contribution is 6.35. The van der Waals surface area contributed by atoms with Crippen LogP contribution in [0.1, 0.15) is 11.1 Å². The summed E-state index contributed by atoms with van der Waals surface area (Å²) in [4.78, 5) is 11.4. The van der Waals surface area contributed by atoms with E-state index in [0.29, 0.717) is 16.5 Å². The van der Waals surface area contributed by atoms with Crippen molar-refractivity contribution in [2.45, 2.75) is 13.3 Å². The van der Waals surface area contributed by atoms with Crippen molar-refractivity contribution >= 4 is 34.8 Å². The summed E-state index contributed by atoms with van der Waals surface area (Å²) in [5.41, 5.74) is 4.64. The van der Waals surface area contributed by atoms with Gasteiger partial charge in [0, 0.05) is 10.6 Å². The molecule has 0 aliphatic carbocycles. The zero-order valence-corrected chi connectivity index (χ0v) is 11.8. The van der Waals surface area contributed by atoms with Crippen molar-refractivity contribution in [3.05, 3.63) is 51.5 Å². The van der Waals surface area contributed by atoms with Crippen molar-refractivity contribution in [3.63, 3.8) is 0 Å². The molecule has 0 atom stereocenters. The molecule has 2 aromatic carbocycles. The SMILES string of the molecule is Cc1cccc(Cl)c1-c1cc(Cl)c2c(c1)CC(=O)N2. The average Bonchev–Trinajstić information content (AvgIpc) is 2.70. The number of benzene rings is 2. The highest BCUT2D eigenvalue weighted by Gasteiger charge is 2.22. The normalized spacial score (nSPS) is 13.3. The van der Waals surface area contributed by atoms with Crippen LogP contribution in [0.25, 0.3) is 11.1 Å². The van der Waals surface area contributed by atoms with E-state index in [-0.39, 0.29) is 5.91 Å². The number of carbonyl (C=O) groups is 1. The fourth-order valence-electron chi connectivity index (χ4n) is 2.44. The first-order valence-corrected chi connectivity index (χ1v) is 6.69. The van der Waals surface area contributed by atoms with Crippen molar-refractivity contribution in [2.75, 3.05) is 5.32 Å². The molecule has 96 valence electrons. The van der Waals surface area contributed by atoms with Crippen LogP contribution in [0.15, 0.2) is 30.3 Å². The van der Waals surface area contributed by atoms with Crippen LogP contribution in [0.4, 0.5) is 5.69 Å². The Balaban J connectivity index is 2.21. The van der Waals surface area contributed by atoms with Gasteiger partial charge in [-0.1, -0.05) is 35.3 Å². The van der Waals surface area contributed by atoms with Gasteiger partial charge in [0.15, 0.2) is 0 Å². The van der Waals surface area contributed by atoms with Crippen LogP contribution in [0.3, 0.4) is 0 Å². The predicted molar refractivity (Wildman–Crippen MR) is 79.0 cm³/mol. The standard InChI is InChI=1S/C15H11Cl2NO/c1-8-3-2-4-11(16)14(8)9-5-10-7-13(19)18-15(10)12(17)6-9/h2-6H,7H2,1H3,(H,18,19). The minimum atomic E-state index is -0.0232. The van der Waals surface area contributed by atoms with Crippen LogP contribution < -0.4 is 5.32 Å². The fraction of sp³-hybridized carbons (Fsp3) is 0.133. The minimum Gasteiger partial charge on any atom is -0.324 e. The maximum absolute atomic E-state index is 11.4. The first-order valence-electron chi connectivity index (χ1n) is 5.94. The predicted octanol–water partition coefficient (Wildman–Crippen LogP) is 4.46. The molecule has 0 saturated heterocycles. The summed E-state index contributed by atoms with van der Waals surface area (Å²) in [6.45, 7) is 2.01. The van der Waals surface area contributed by atoms with Gasteiger partial charge >= 0.3 is 0 Å². The molecule has 19 heavy (non-hydrogen) atoms. The lowest BCUT2D eigenvalue weighted by Gasteiger charge is -2.11. The number of anilines is 1. The summed E-state index contributed by atoms with van der Waals surface area (Å²) < 4.78 is 0. The number of halogens is 2. The molecule has 0 saturated carbocycles. The molecule has 0 unspecified atom stereocenters. The van der Waals surface area contributed by atoms with E-state index >= 15 is 0 Å². The molecule has 3 rings (SSSR count). The number of hydrogen-bond acceptors (Lipinski definition) is 1. The molecule has 1 N–H and O–H groups in total. The smallest absolute Gasteiger partial charge is 0.228 e.